The predicted molar refractivity (Wildman–Crippen MR) is 130 cm³/mol. The summed E-state index contributed by atoms with van der Waals surface area (Å²) in [5.74, 6) is 0.445. The average molecular weight is 441 g/mol. The Kier molecular flexibility index (Phi) is 5.77. The molecular weight excluding hydrogens is 412 g/mol. The van der Waals surface area contributed by atoms with E-state index in [1.165, 1.54) is 0 Å². The molecule has 4 nitrogen and oxygen atoms in total. The molecule has 0 aliphatic heterocycles. The van der Waals surface area contributed by atoms with Crippen molar-refractivity contribution in [2.75, 3.05) is 0 Å². The lowest BCUT2D eigenvalue weighted by Gasteiger charge is -2.42. The van der Waals surface area contributed by atoms with E-state index >= 15 is 0 Å². The van der Waals surface area contributed by atoms with Crippen molar-refractivity contribution in [3.8, 4) is 23.0 Å². The molecule has 0 amide bonds. The molecule has 0 bridgehead atoms. The highest BCUT2D eigenvalue weighted by Gasteiger charge is 2.44. The zero-order valence-electron chi connectivity index (χ0n) is 18.7. The first-order valence-corrected chi connectivity index (χ1v) is 10.9. The van der Waals surface area contributed by atoms with E-state index in [1.54, 1.807) is 48.5 Å². The van der Waals surface area contributed by atoms with Crippen LogP contribution in [0, 0.1) is 0 Å². The van der Waals surface area contributed by atoms with E-state index in [9.17, 15) is 20.4 Å². The molecule has 0 heterocycles. The van der Waals surface area contributed by atoms with E-state index in [0.29, 0.717) is 28.7 Å². The quantitative estimate of drug-likeness (QED) is 0.287. The Hall–Kier alpha value is -3.92. The third-order valence-corrected chi connectivity index (χ3v) is 6.70. The van der Waals surface area contributed by atoms with Crippen LogP contribution in [0.5, 0.6) is 23.0 Å². The molecule has 4 aromatic carbocycles. The molecule has 0 saturated heterocycles. The van der Waals surface area contributed by atoms with Gasteiger partial charge in [-0.25, -0.2) is 0 Å². The third kappa shape index (κ3) is 3.89. The van der Waals surface area contributed by atoms with E-state index in [0.717, 1.165) is 0 Å². The van der Waals surface area contributed by atoms with Crippen molar-refractivity contribution >= 4 is 0 Å². The minimum atomic E-state index is -0.879. The number of benzene rings is 4. The number of para-hydroxylation sites is 4. The molecule has 4 aromatic rings. The molecule has 0 radical (unpaired) electrons. The van der Waals surface area contributed by atoms with Gasteiger partial charge in [-0.2, -0.15) is 0 Å². The van der Waals surface area contributed by atoms with Crippen LogP contribution in [0.3, 0.4) is 0 Å². The summed E-state index contributed by atoms with van der Waals surface area (Å²) >= 11 is 0. The number of aromatic hydroxyl groups is 4. The van der Waals surface area contributed by atoms with Gasteiger partial charge in [-0.1, -0.05) is 86.6 Å². The van der Waals surface area contributed by atoms with Gasteiger partial charge in [-0.05, 0) is 30.7 Å². The van der Waals surface area contributed by atoms with Gasteiger partial charge in [0.2, 0.25) is 0 Å². The smallest absolute Gasteiger partial charge is 0.119 e. The molecule has 0 fully saturated rings. The zero-order chi connectivity index (χ0) is 23.6. The Balaban J connectivity index is 2.03. The largest absolute Gasteiger partial charge is 0.508 e. The van der Waals surface area contributed by atoms with Gasteiger partial charge >= 0.3 is 0 Å². The SMILES string of the molecule is CC(CC(C)(c1ccccc1O)c1ccccc1O)(c1ccccc1O)c1ccccc1O. The van der Waals surface area contributed by atoms with Crippen LogP contribution in [0.1, 0.15) is 42.5 Å². The first kappa shape index (κ1) is 22.3. The number of hydrogen-bond donors (Lipinski definition) is 4. The summed E-state index contributed by atoms with van der Waals surface area (Å²) in [5.41, 5.74) is 0.811. The predicted octanol–water partition coefficient (Wildman–Crippen LogP) is 6.21. The fourth-order valence-electron chi connectivity index (χ4n) is 5.14. The minimum Gasteiger partial charge on any atom is -0.508 e. The van der Waals surface area contributed by atoms with Crippen LogP contribution >= 0.6 is 0 Å². The van der Waals surface area contributed by atoms with Crippen molar-refractivity contribution in [1.29, 1.82) is 0 Å². The van der Waals surface area contributed by atoms with Crippen molar-refractivity contribution in [2.45, 2.75) is 31.1 Å². The standard InChI is InChI=1S/C29H28O4/c1-28(20-11-3-7-15-24(20)30,21-12-4-8-16-25(21)31)19-29(2,22-13-5-9-17-26(22)32)23-14-6-10-18-27(23)33/h3-18,30-33H,19H2,1-2H3. The van der Waals surface area contributed by atoms with Crippen molar-refractivity contribution in [3.63, 3.8) is 0 Å². The highest BCUT2D eigenvalue weighted by atomic mass is 16.3. The lowest BCUT2D eigenvalue weighted by molar-refractivity contribution is 0.344. The number of phenolic OH excluding ortho intramolecular Hbond substituents is 4. The van der Waals surface area contributed by atoms with E-state index in [-0.39, 0.29) is 23.0 Å². The molecule has 0 aromatic heterocycles. The molecule has 33 heavy (non-hydrogen) atoms. The van der Waals surface area contributed by atoms with E-state index in [4.69, 9.17) is 0 Å². The summed E-state index contributed by atoms with van der Waals surface area (Å²) in [5, 5.41) is 43.5. The van der Waals surface area contributed by atoms with E-state index in [2.05, 4.69) is 0 Å². The van der Waals surface area contributed by atoms with Crippen molar-refractivity contribution < 1.29 is 20.4 Å². The Morgan fingerprint density at radius 1 is 0.424 bits per heavy atom. The molecule has 0 aliphatic carbocycles. The monoisotopic (exact) mass is 440 g/mol. The Morgan fingerprint density at radius 2 is 0.636 bits per heavy atom. The van der Waals surface area contributed by atoms with Crippen molar-refractivity contribution in [1.82, 2.24) is 0 Å². The summed E-state index contributed by atoms with van der Waals surface area (Å²) in [6.45, 7) is 3.94. The highest BCUT2D eigenvalue weighted by molar-refractivity contribution is 5.56. The van der Waals surface area contributed by atoms with Gasteiger partial charge in [0.15, 0.2) is 0 Å². The summed E-state index contributed by atoms with van der Waals surface area (Å²) in [6.07, 6.45) is 0.338. The van der Waals surface area contributed by atoms with Gasteiger partial charge in [0, 0.05) is 33.1 Å². The first-order chi connectivity index (χ1) is 15.8. The minimum absolute atomic E-state index is 0.111. The molecule has 168 valence electrons. The molecule has 0 saturated carbocycles. The van der Waals surface area contributed by atoms with Gasteiger partial charge in [0.1, 0.15) is 23.0 Å². The molecule has 0 spiro atoms. The zero-order valence-corrected chi connectivity index (χ0v) is 18.7. The number of rotatable bonds is 6. The van der Waals surface area contributed by atoms with Gasteiger partial charge < -0.3 is 20.4 Å². The van der Waals surface area contributed by atoms with E-state index in [1.807, 2.05) is 62.4 Å². The van der Waals surface area contributed by atoms with Crippen LogP contribution in [0.2, 0.25) is 0 Å². The lowest BCUT2D eigenvalue weighted by atomic mass is 9.61. The van der Waals surface area contributed by atoms with Crippen molar-refractivity contribution in [3.05, 3.63) is 119 Å². The van der Waals surface area contributed by atoms with Crippen LogP contribution in [0.4, 0.5) is 0 Å². The molecule has 4 heteroatoms. The summed E-state index contributed by atoms with van der Waals surface area (Å²) in [4.78, 5) is 0. The topological polar surface area (TPSA) is 80.9 Å². The maximum Gasteiger partial charge on any atom is 0.119 e. The maximum absolute atomic E-state index is 10.9. The van der Waals surface area contributed by atoms with Crippen molar-refractivity contribution in [2.24, 2.45) is 0 Å². The summed E-state index contributed by atoms with van der Waals surface area (Å²) < 4.78 is 0. The fraction of sp³-hybridized carbons (Fsp3) is 0.172. The number of hydrogen-bond acceptors (Lipinski definition) is 4. The average Bonchev–Trinajstić information content (AvgIpc) is 2.80. The van der Waals surface area contributed by atoms with Gasteiger partial charge in [-0.3, -0.25) is 0 Å². The Morgan fingerprint density at radius 3 is 0.848 bits per heavy atom. The molecule has 0 atom stereocenters. The third-order valence-electron chi connectivity index (χ3n) is 6.70. The molecule has 4 N–H and O–H groups in total. The molecule has 0 unspecified atom stereocenters. The normalized spacial score (nSPS) is 11.9. The van der Waals surface area contributed by atoms with Crippen LogP contribution in [0.25, 0.3) is 0 Å². The van der Waals surface area contributed by atoms with Crippen LogP contribution in [-0.4, -0.2) is 20.4 Å². The van der Waals surface area contributed by atoms with Crippen LogP contribution < -0.4 is 0 Å². The lowest BCUT2D eigenvalue weighted by Crippen LogP contribution is -2.36. The second kappa shape index (κ2) is 8.55. The van der Waals surface area contributed by atoms with E-state index < -0.39 is 10.8 Å². The Labute approximate surface area is 194 Å². The molecule has 0 aliphatic rings. The second-order valence-electron chi connectivity index (χ2n) is 8.91. The fourth-order valence-corrected chi connectivity index (χ4v) is 5.14. The van der Waals surface area contributed by atoms with Gasteiger partial charge in [0.25, 0.3) is 0 Å². The second-order valence-corrected chi connectivity index (χ2v) is 8.91. The summed E-state index contributed by atoms with van der Waals surface area (Å²) in [7, 11) is 0. The van der Waals surface area contributed by atoms with Gasteiger partial charge in [-0.15, -0.1) is 0 Å². The Bertz CT molecular complexity index is 1090. The van der Waals surface area contributed by atoms with Crippen LogP contribution in [-0.2, 0) is 10.8 Å². The van der Waals surface area contributed by atoms with Gasteiger partial charge in [0.05, 0.1) is 0 Å². The molecular formula is C29H28O4. The molecule has 4 rings (SSSR count). The van der Waals surface area contributed by atoms with Crippen LogP contribution in [0.15, 0.2) is 97.1 Å². The maximum atomic E-state index is 10.9. The highest BCUT2D eigenvalue weighted by Crippen LogP contribution is 2.53. The number of phenols is 4. The summed E-state index contributed by atoms with van der Waals surface area (Å²) in [6, 6.07) is 28.3. The first-order valence-electron chi connectivity index (χ1n) is 10.9.